The van der Waals surface area contributed by atoms with Crippen LogP contribution in [0.1, 0.15) is 78.9 Å². The molecule has 68 heavy (non-hydrogen) atoms. The van der Waals surface area contributed by atoms with Crippen molar-refractivity contribution in [3.8, 4) is 0 Å². The van der Waals surface area contributed by atoms with Gasteiger partial charge >= 0.3 is 5.97 Å². The van der Waals surface area contributed by atoms with Gasteiger partial charge in [-0.1, -0.05) is 109 Å². The minimum atomic E-state index is -0.951. The van der Waals surface area contributed by atoms with Gasteiger partial charge in [0, 0.05) is 66.5 Å². The Hall–Kier alpha value is -8.59. The maximum absolute atomic E-state index is 13.2. The zero-order valence-corrected chi connectivity index (χ0v) is 38.5. The molecule has 0 aliphatic carbocycles. The number of ketones is 2. The molecule has 10 aromatic rings. The summed E-state index contributed by atoms with van der Waals surface area (Å²) in [5.41, 5.74) is 15.2. The number of carboxylic acids is 1. The molecule has 6 aromatic carbocycles. The van der Waals surface area contributed by atoms with Crippen LogP contribution in [0.25, 0.3) is 46.1 Å². The van der Waals surface area contributed by atoms with Gasteiger partial charge in [0.15, 0.2) is 11.6 Å². The van der Waals surface area contributed by atoms with Gasteiger partial charge in [0.2, 0.25) is 5.01 Å². The lowest BCUT2D eigenvalue weighted by atomic mass is 10.0. The van der Waals surface area contributed by atoms with E-state index in [1.165, 1.54) is 16.2 Å². The number of nitrogens with two attached hydrogens (primary N) is 1. The minimum absolute atomic E-state index is 0.0263. The molecule has 14 heteroatoms. The number of aromatic amines is 2. The topological polar surface area (TPSA) is 193 Å². The molecule has 0 radical (unpaired) electrons. The Bertz CT molecular complexity index is 3420. The summed E-state index contributed by atoms with van der Waals surface area (Å²) in [6.45, 7) is 4.50. The Labute approximate surface area is 399 Å². The number of nitrogens with one attached hydrogen (secondary N) is 3. The molecule has 4 aromatic heterocycles. The quantitative estimate of drug-likeness (QED) is 0.0581. The lowest BCUT2D eigenvalue weighted by Crippen LogP contribution is -2.04. The molecule has 12 nitrogen and oxygen atoms in total. The van der Waals surface area contributed by atoms with Gasteiger partial charge in [0.05, 0.1) is 29.0 Å². The van der Waals surface area contributed by atoms with Crippen molar-refractivity contribution in [3.63, 3.8) is 0 Å². The number of carbonyl (C=O) groups excluding carboxylic acids is 2. The number of nitrogens with zero attached hydrogens (tertiary/aromatic N) is 4. The highest BCUT2D eigenvalue weighted by molar-refractivity contribution is 7.13. The predicted molar refractivity (Wildman–Crippen MR) is 275 cm³/mol. The first-order chi connectivity index (χ1) is 33.1. The fourth-order valence-corrected chi connectivity index (χ4v) is 8.32. The summed E-state index contributed by atoms with van der Waals surface area (Å²) in [6, 6.07) is 46.0. The summed E-state index contributed by atoms with van der Waals surface area (Å²) in [4.78, 5) is 46.1. The Morgan fingerprint density at radius 2 is 1.10 bits per heavy atom. The number of benzene rings is 6. The van der Waals surface area contributed by atoms with E-state index in [9.17, 15) is 14.4 Å². The maximum atomic E-state index is 13.2. The first-order valence-corrected chi connectivity index (χ1v) is 23.0. The molecule has 10 rings (SSSR count). The van der Waals surface area contributed by atoms with Crippen LogP contribution in [0.2, 0.25) is 0 Å². The lowest BCUT2D eigenvalue weighted by molar-refractivity contribution is 0.0696. The van der Waals surface area contributed by atoms with E-state index in [4.69, 9.17) is 10.8 Å². The third-order valence-corrected chi connectivity index (χ3v) is 12.2. The van der Waals surface area contributed by atoms with Crippen molar-refractivity contribution in [1.82, 2.24) is 30.4 Å². The van der Waals surface area contributed by atoms with Crippen LogP contribution in [0.3, 0.4) is 0 Å². The molecule has 0 atom stereocenters. The SMILES string of the molecule is Cc1cnc(C(=O)O)s1.Cc1cnc(CNc2cccc(C(=O)c3ccc4c(/C=C/c5ccccc5)n[nH]c4c3)c2)s1.Nc1cccc(C(=O)c2ccc3c(/C=C/c4ccccc4)n[nH]c3c2)c1. The van der Waals surface area contributed by atoms with Gasteiger partial charge in [-0.05, 0) is 85.7 Å². The van der Waals surface area contributed by atoms with E-state index in [1.54, 1.807) is 41.8 Å². The van der Waals surface area contributed by atoms with Gasteiger partial charge in [0.1, 0.15) is 5.01 Å². The zero-order valence-electron chi connectivity index (χ0n) is 36.9. The number of hydrogen-bond donors (Lipinski definition) is 5. The molecule has 0 fully saturated rings. The van der Waals surface area contributed by atoms with E-state index >= 15 is 0 Å². The summed E-state index contributed by atoms with van der Waals surface area (Å²) < 4.78 is 0. The van der Waals surface area contributed by atoms with Crippen molar-refractivity contribution in [1.29, 1.82) is 0 Å². The third kappa shape index (κ3) is 11.8. The molecule has 0 unspecified atom stereocenters. The number of rotatable bonds is 12. The predicted octanol–water partition coefficient (Wildman–Crippen LogP) is 12.0. The third-order valence-electron chi connectivity index (χ3n) is 10.4. The van der Waals surface area contributed by atoms with Crippen molar-refractivity contribution in [3.05, 3.63) is 223 Å². The highest BCUT2D eigenvalue weighted by Crippen LogP contribution is 2.24. The van der Waals surface area contributed by atoms with E-state index in [0.29, 0.717) is 34.5 Å². The number of fused-ring (bicyclic) bond motifs is 2. The maximum Gasteiger partial charge on any atom is 0.365 e. The van der Waals surface area contributed by atoms with E-state index in [2.05, 4.69) is 35.7 Å². The van der Waals surface area contributed by atoms with E-state index in [0.717, 1.165) is 59.9 Å². The smallest absolute Gasteiger partial charge is 0.365 e. The van der Waals surface area contributed by atoms with Gasteiger partial charge in [-0.25, -0.2) is 14.8 Å². The second-order valence-corrected chi connectivity index (χ2v) is 17.9. The molecule has 0 saturated carbocycles. The van der Waals surface area contributed by atoms with Gasteiger partial charge in [-0.2, -0.15) is 10.2 Å². The number of aryl methyl sites for hydroxylation is 2. The second-order valence-electron chi connectivity index (χ2n) is 15.4. The van der Waals surface area contributed by atoms with E-state index < -0.39 is 5.97 Å². The van der Waals surface area contributed by atoms with Crippen molar-refractivity contribution in [2.24, 2.45) is 0 Å². The van der Waals surface area contributed by atoms with Gasteiger partial charge < -0.3 is 16.2 Å². The molecule has 0 amide bonds. The molecule has 336 valence electrons. The first kappa shape index (κ1) is 46.0. The summed E-state index contributed by atoms with van der Waals surface area (Å²) in [5, 5.41) is 29.7. The number of aromatic carboxylic acids is 1. The summed E-state index contributed by atoms with van der Waals surface area (Å²) in [5.74, 6) is -1.04. The molecule has 0 aliphatic rings. The Morgan fingerprint density at radius 3 is 1.59 bits per heavy atom. The van der Waals surface area contributed by atoms with Crippen LogP contribution in [0.5, 0.6) is 0 Å². The highest BCUT2D eigenvalue weighted by Gasteiger charge is 2.14. The number of H-pyrrole nitrogens is 2. The monoisotopic (exact) mass is 932 g/mol. The van der Waals surface area contributed by atoms with Crippen LogP contribution >= 0.6 is 22.7 Å². The van der Waals surface area contributed by atoms with Gasteiger partial charge in [0.25, 0.3) is 0 Å². The first-order valence-electron chi connectivity index (χ1n) is 21.3. The number of carboxylic acid groups (broad SMARTS) is 1. The van der Waals surface area contributed by atoms with Crippen LogP contribution in [0.4, 0.5) is 11.4 Å². The van der Waals surface area contributed by atoms with Crippen LogP contribution in [-0.2, 0) is 6.54 Å². The van der Waals surface area contributed by atoms with Crippen LogP contribution in [0, 0.1) is 13.8 Å². The number of nitrogen functional groups attached to an aromatic ring is 1. The van der Waals surface area contributed by atoms with E-state index in [-0.39, 0.29) is 16.6 Å². The highest BCUT2D eigenvalue weighted by atomic mass is 32.1. The largest absolute Gasteiger partial charge is 0.476 e. The molecule has 6 N–H and O–H groups in total. The lowest BCUT2D eigenvalue weighted by Gasteiger charge is -2.07. The molecule has 0 aliphatic heterocycles. The summed E-state index contributed by atoms with van der Waals surface area (Å²) in [7, 11) is 0. The Kier molecular flexibility index (Phi) is 14.6. The number of anilines is 2. The zero-order chi connectivity index (χ0) is 47.4. The van der Waals surface area contributed by atoms with Crippen molar-refractivity contribution in [2.75, 3.05) is 11.1 Å². The van der Waals surface area contributed by atoms with Crippen molar-refractivity contribution < 1.29 is 19.5 Å². The second kappa shape index (κ2) is 21.6. The summed E-state index contributed by atoms with van der Waals surface area (Å²) in [6.07, 6.45) is 11.4. The average molecular weight is 933 g/mol. The molecule has 0 spiro atoms. The Balaban J connectivity index is 0.000000158. The molecular formula is C54H44N8O4S2. The Morgan fingerprint density at radius 1 is 0.588 bits per heavy atom. The fraction of sp³-hybridized carbons (Fsp3) is 0.0556. The van der Waals surface area contributed by atoms with Gasteiger partial charge in [-0.3, -0.25) is 19.8 Å². The normalized spacial score (nSPS) is 11.0. The standard InChI is InChI=1S/C27H22N4OS.C22H17N3O.C5H5NO2S/c1-18-16-29-26(33-18)17-28-22-9-5-8-20(14-22)27(32)21-11-12-23-24(30-31-25(23)15-21)13-10-19-6-3-2-4-7-19;23-18-8-4-7-16(13-18)22(26)17-10-11-19-20(24-25-21(19)14-17)12-9-15-5-2-1-3-6-15;1-3-2-6-4(9-3)5(7)8/h2-16,28H,17H2,1H3,(H,30,31);1-14H,23H2,(H,24,25);2H,1H3,(H,7,8)/b13-10+;12-9+;. The molecular weight excluding hydrogens is 889 g/mol. The number of thiazole rings is 2. The van der Waals surface area contributed by atoms with Crippen molar-refractivity contribution >= 4 is 97.7 Å². The fourth-order valence-electron chi connectivity index (χ4n) is 6.99. The number of aromatic nitrogens is 6. The number of hydrogen-bond acceptors (Lipinski definition) is 11. The average Bonchev–Trinajstić information content (AvgIpc) is 4.19. The molecule has 0 bridgehead atoms. The minimum Gasteiger partial charge on any atom is -0.476 e. The molecule has 4 heterocycles. The van der Waals surface area contributed by atoms with Crippen LogP contribution in [0.15, 0.2) is 158 Å². The summed E-state index contributed by atoms with van der Waals surface area (Å²) >= 11 is 2.85. The van der Waals surface area contributed by atoms with Gasteiger partial charge in [-0.15, -0.1) is 22.7 Å². The molecule has 0 saturated heterocycles. The van der Waals surface area contributed by atoms with Crippen LogP contribution < -0.4 is 11.1 Å². The van der Waals surface area contributed by atoms with Crippen molar-refractivity contribution in [2.45, 2.75) is 20.4 Å². The van der Waals surface area contributed by atoms with E-state index in [1.807, 2.05) is 166 Å². The van der Waals surface area contributed by atoms with Crippen LogP contribution in [-0.4, -0.2) is 53.0 Å². The number of carbonyl (C=O) groups is 3.